The minimum atomic E-state index is -0.805. The van der Waals surface area contributed by atoms with Gasteiger partial charge >= 0.3 is 17.9 Å². The normalized spacial score (nSPS) is 13.0. The summed E-state index contributed by atoms with van der Waals surface area (Å²) >= 11 is 0. The fraction of sp³-hybridized carbons (Fsp3) is 0.650. The molecule has 0 aromatic carbocycles. The van der Waals surface area contributed by atoms with Crippen molar-refractivity contribution in [2.75, 3.05) is 13.2 Å². The van der Waals surface area contributed by atoms with Gasteiger partial charge in [0.2, 0.25) is 0 Å². The average Bonchev–Trinajstić information content (AvgIpc) is 3.31. The fourth-order valence-electron chi connectivity index (χ4n) is 7.03. The summed E-state index contributed by atoms with van der Waals surface area (Å²) in [4.78, 5) is 38.0. The molecular formula is C60H98O6. The first-order valence-corrected chi connectivity index (χ1v) is 27.0. The molecular weight excluding hydrogens is 817 g/mol. The molecule has 66 heavy (non-hydrogen) atoms. The summed E-state index contributed by atoms with van der Waals surface area (Å²) in [5, 5.41) is 0. The smallest absolute Gasteiger partial charge is 0.306 e. The predicted molar refractivity (Wildman–Crippen MR) is 283 cm³/mol. The quantitative estimate of drug-likeness (QED) is 0.0199. The zero-order valence-electron chi connectivity index (χ0n) is 42.7. The number of esters is 3. The molecule has 374 valence electrons. The highest BCUT2D eigenvalue weighted by molar-refractivity contribution is 5.71. The molecule has 0 aliphatic heterocycles. The molecule has 6 nitrogen and oxygen atoms in total. The molecule has 0 amide bonds. The number of unbranched alkanes of at least 4 members (excludes halogenated alkanes) is 22. The lowest BCUT2D eigenvalue weighted by molar-refractivity contribution is -0.167. The zero-order valence-corrected chi connectivity index (χ0v) is 42.7. The number of carbonyl (C=O) groups is 3. The third-order valence-electron chi connectivity index (χ3n) is 11.1. The number of ether oxygens (including phenoxy) is 3. The van der Waals surface area contributed by atoms with E-state index in [1.54, 1.807) is 0 Å². The highest BCUT2D eigenvalue weighted by atomic mass is 16.6. The lowest BCUT2D eigenvalue weighted by Gasteiger charge is -2.18. The van der Waals surface area contributed by atoms with Crippen LogP contribution in [-0.4, -0.2) is 37.2 Å². The Morgan fingerprint density at radius 2 is 0.667 bits per heavy atom. The number of rotatable bonds is 47. The predicted octanol–water partition coefficient (Wildman–Crippen LogP) is 17.9. The molecule has 0 saturated heterocycles. The van der Waals surface area contributed by atoms with Crippen molar-refractivity contribution in [2.45, 2.75) is 239 Å². The van der Waals surface area contributed by atoms with E-state index in [1.165, 1.54) is 77.0 Å². The number of hydrogen-bond acceptors (Lipinski definition) is 6. The third kappa shape index (κ3) is 51.1. The van der Waals surface area contributed by atoms with Crippen molar-refractivity contribution in [3.05, 3.63) is 109 Å². The summed E-state index contributed by atoms with van der Waals surface area (Å²) in [5.74, 6) is -0.962. The highest BCUT2D eigenvalue weighted by Gasteiger charge is 2.19. The summed E-state index contributed by atoms with van der Waals surface area (Å²) < 4.78 is 16.8. The van der Waals surface area contributed by atoms with E-state index in [1.807, 2.05) is 0 Å². The van der Waals surface area contributed by atoms with Gasteiger partial charge in [0.25, 0.3) is 0 Å². The molecule has 0 aliphatic carbocycles. The van der Waals surface area contributed by atoms with Gasteiger partial charge in [0, 0.05) is 19.3 Å². The van der Waals surface area contributed by atoms with Gasteiger partial charge in [0.1, 0.15) is 13.2 Å². The average molecular weight is 915 g/mol. The Kier molecular flexibility index (Phi) is 50.5. The molecule has 0 N–H and O–H groups in total. The molecule has 0 spiro atoms. The van der Waals surface area contributed by atoms with Gasteiger partial charge in [-0.2, -0.15) is 0 Å². The molecule has 0 bridgehead atoms. The van der Waals surface area contributed by atoms with Gasteiger partial charge in [-0.25, -0.2) is 0 Å². The molecule has 0 rings (SSSR count). The van der Waals surface area contributed by atoms with E-state index in [0.29, 0.717) is 19.3 Å². The van der Waals surface area contributed by atoms with Crippen molar-refractivity contribution < 1.29 is 28.6 Å². The Morgan fingerprint density at radius 1 is 0.333 bits per heavy atom. The first-order valence-electron chi connectivity index (χ1n) is 27.0. The summed E-state index contributed by atoms with van der Waals surface area (Å²) in [7, 11) is 0. The van der Waals surface area contributed by atoms with Gasteiger partial charge in [-0.15, -0.1) is 0 Å². The van der Waals surface area contributed by atoms with Crippen LogP contribution in [0.15, 0.2) is 109 Å². The van der Waals surface area contributed by atoms with Gasteiger partial charge in [-0.1, -0.05) is 226 Å². The van der Waals surface area contributed by atoms with E-state index < -0.39 is 6.10 Å². The molecule has 0 saturated carbocycles. The number of allylic oxidation sites excluding steroid dienone is 18. The summed E-state index contributed by atoms with van der Waals surface area (Å²) in [6.07, 6.45) is 72.1. The van der Waals surface area contributed by atoms with E-state index in [9.17, 15) is 14.4 Å². The number of hydrogen-bond donors (Lipinski definition) is 0. The van der Waals surface area contributed by atoms with Crippen LogP contribution in [0, 0.1) is 0 Å². The minimum Gasteiger partial charge on any atom is -0.462 e. The van der Waals surface area contributed by atoms with Crippen LogP contribution in [0.1, 0.15) is 233 Å². The van der Waals surface area contributed by atoms with Gasteiger partial charge in [0.15, 0.2) is 6.10 Å². The van der Waals surface area contributed by atoms with Crippen LogP contribution in [0.3, 0.4) is 0 Å². The molecule has 1 unspecified atom stereocenters. The molecule has 1 atom stereocenters. The maximum atomic E-state index is 12.8. The Balaban J connectivity index is 4.44. The SMILES string of the molecule is CC/C=C\C/C=C\C/C=C\CCCCCCCCCCCC(=O)OCC(COC(=O)CCCCC/C=C\C=C/CCCC)OC(=O)CCCCCCC\C=C/C=C\C=C/C=C\CCCCC. The second-order valence-corrected chi connectivity index (χ2v) is 17.5. The van der Waals surface area contributed by atoms with Crippen LogP contribution in [0.4, 0.5) is 0 Å². The van der Waals surface area contributed by atoms with Crippen LogP contribution in [-0.2, 0) is 28.6 Å². The van der Waals surface area contributed by atoms with Crippen LogP contribution in [0.2, 0.25) is 0 Å². The van der Waals surface area contributed by atoms with Crippen molar-refractivity contribution in [1.82, 2.24) is 0 Å². The van der Waals surface area contributed by atoms with E-state index in [4.69, 9.17) is 14.2 Å². The van der Waals surface area contributed by atoms with Gasteiger partial charge < -0.3 is 14.2 Å². The molecule has 0 radical (unpaired) electrons. The van der Waals surface area contributed by atoms with Crippen LogP contribution < -0.4 is 0 Å². The molecule has 0 aromatic heterocycles. The number of carbonyl (C=O) groups excluding carboxylic acids is 3. The fourth-order valence-corrected chi connectivity index (χ4v) is 7.03. The zero-order chi connectivity index (χ0) is 47.9. The van der Waals surface area contributed by atoms with Crippen molar-refractivity contribution in [1.29, 1.82) is 0 Å². The molecule has 0 heterocycles. The van der Waals surface area contributed by atoms with E-state index in [-0.39, 0.29) is 31.1 Å². The monoisotopic (exact) mass is 915 g/mol. The lowest BCUT2D eigenvalue weighted by atomic mass is 10.1. The van der Waals surface area contributed by atoms with Gasteiger partial charge in [0.05, 0.1) is 0 Å². The van der Waals surface area contributed by atoms with E-state index in [2.05, 4.69) is 130 Å². The topological polar surface area (TPSA) is 78.9 Å². The standard InChI is InChI=1S/C60H98O6/c1-4-7-10-13-16-19-22-24-26-28-30-32-33-35-38-41-44-47-50-53-59(62)65-56-57(55-64-58(61)52-49-46-43-40-37-21-18-15-12-9-6-3)66-60(63)54-51-48-45-42-39-36-34-31-29-27-25-23-20-17-14-11-8-5-2/h7,10,15-21,23-27,29,31,34,37,57H,4-6,8-9,11-14,22,28,30,32-33,35-36,38-56H2,1-3H3/b10-7-,18-15-,19-16-,20-17-,25-23-,26-24-,29-27-,34-31-,37-21-. The first-order chi connectivity index (χ1) is 32.5. The highest BCUT2D eigenvalue weighted by Crippen LogP contribution is 2.14. The second-order valence-electron chi connectivity index (χ2n) is 17.5. The van der Waals surface area contributed by atoms with Crippen LogP contribution in [0.5, 0.6) is 0 Å². The van der Waals surface area contributed by atoms with Crippen LogP contribution in [0.25, 0.3) is 0 Å². The molecule has 6 heteroatoms. The van der Waals surface area contributed by atoms with E-state index >= 15 is 0 Å². The Morgan fingerprint density at radius 3 is 1.14 bits per heavy atom. The van der Waals surface area contributed by atoms with Crippen molar-refractivity contribution in [3.8, 4) is 0 Å². The first kappa shape index (κ1) is 62.1. The third-order valence-corrected chi connectivity index (χ3v) is 11.1. The maximum absolute atomic E-state index is 12.8. The van der Waals surface area contributed by atoms with E-state index in [0.717, 1.165) is 116 Å². The van der Waals surface area contributed by atoms with Crippen molar-refractivity contribution >= 4 is 17.9 Å². The van der Waals surface area contributed by atoms with Gasteiger partial charge in [-0.05, 0) is 96.3 Å². The summed E-state index contributed by atoms with van der Waals surface area (Å²) in [6.45, 7) is 6.38. The summed E-state index contributed by atoms with van der Waals surface area (Å²) in [5.41, 5.74) is 0. The molecule has 0 aromatic rings. The molecule has 0 aliphatic rings. The largest absolute Gasteiger partial charge is 0.462 e. The maximum Gasteiger partial charge on any atom is 0.306 e. The van der Waals surface area contributed by atoms with Crippen molar-refractivity contribution in [3.63, 3.8) is 0 Å². The van der Waals surface area contributed by atoms with Gasteiger partial charge in [-0.3, -0.25) is 14.4 Å². The lowest BCUT2D eigenvalue weighted by Crippen LogP contribution is -2.30. The Bertz CT molecular complexity index is 1370. The Hall–Kier alpha value is -3.93. The van der Waals surface area contributed by atoms with Crippen molar-refractivity contribution in [2.24, 2.45) is 0 Å². The minimum absolute atomic E-state index is 0.101. The van der Waals surface area contributed by atoms with Crippen LogP contribution >= 0.6 is 0 Å². The summed E-state index contributed by atoms with van der Waals surface area (Å²) in [6, 6.07) is 0. The second kappa shape index (κ2) is 53.7. The molecule has 0 fully saturated rings. The Labute approximate surface area is 406 Å².